The van der Waals surface area contributed by atoms with Gasteiger partial charge in [0.05, 0.1) is 11.5 Å². The van der Waals surface area contributed by atoms with Crippen molar-refractivity contribution in [2.75, 3.05) is 24.5 Å². The average molecular weight is 344 g/mol. The first kappa shape index (κ1) is 17.7. The number of amides is 2. The highest BCUT2D eigenvalue weighted by Crippen LogP contribution is 2.26. The quantitative estimate of drug-likeness (QED) is 0.910. The maximum Gasteiger partial charge on any atom is 0.255 e. The largest absolute Gasteiger partial charge is 0.369 e. The SMILES string of the molecule is CC1CCN(C(=O)c2ccc(N3C[C@H](C(N)=O)CC[C@H]3C)nc2)CC1. The number of primary amides is 1. The van der Waals surface area contributed by atoms with Crippen molar-refractivity contribution in [1.82, 2.24) is 9.88 Å². The summed E-state index contributed by atoms with van der Waals surface area (Å²) in [4.78, 5) is 32.7. The molecule has 3 heterocycles. The number of hydrogen-bond donors (Lipinski definition) is 1. The van der Waals surface area contributed by atoms with Crippen LogP contribution in [0, 0.1) is 11.8 Å². The lowest BCUT2D eigenvalue weighted by molar-refractivity contribution is -0.122. The van der Waals surface area contributed by atoms with Crippen molar-refractivity contribution in [1.29, 1.82) is 0 Å². The fourth-order valence-corrected chi connectivity index (χ4v) is 3.74. The van der Waals surface area contributed by atoms with E-state index in [1.807, 2.05) is 17.0 Å². The minimum absolute atomic E-state index is 0.0626. The molecule has 2 aliphatic rings. The average Bonchev–Trinajstić information content (AvgIpc) is 2.62. The van der Waals surface area contributed by atoms with Crippen LogP contribution in [-0.2, 0) is 4.79 Å². The van der Waals surface area contributed by atoms with E-state index in [2.05, 4.69) is 23.7 Å². The van der Waals surface area contributed by atoms with E-state index in [4.69, 9.17) is 5.73 Å². The predicted octanol–water partition coefficient (Wildman–Crippen LogP) is 2.04. The molecule has 1 aromatic rings. The summed E-state index contributed by atoms with van der Waals surface area (Å²) in [7, 11) is 0. The second kappa shape index (κ2) is 7.42. The van der Waals surface area contributed by atoms with Gasteiger partial charge in [0, 0.05) is 31.9 Å². The third kappa shape index (κ3) is 3.94. The van der Waals surface area contributed by atoms with Gasteiger partial charge in [-0.25, -0.2) is 4.98 Å². The van der Waals surface area contributed by atoms with Crippen molar-refractivity contribution in [3.63, 3.8) is 0 Å². The van der Waals surface area contributed by atoms with Crippen LogP contribution in [0.4, 0.5) is 5.82 Å². The van der Waals surface area contributed by atoms with E-state index < -0.39 is 0 Å². The first-order valence-electron chi connectivity index (χ1n) is 9.27. The van der Waals surface area contributed by atoms with E-state index >= 15 is 0 Å². The Morgan fingerprint density at radius 3 is 2.44 bits per heavy atom. The second-order valence-electron chi connectivity index (χ2n) is 7.56. The number of piperidine rings is 2. The van der Waals surface area contributed by atoms with Crippen LogP contribution in [0.15, 0.2) is 18.3 Å². The zero-order chi connectivity index (χ0) is 18.0. The summed E-state index contributed by atoms with van der Waals surface area (Å²) in [5, 5.41) is 0. The summed E-state index contributed by atoms with van der Waals surface area (Å²) in [6.45, 7) is 6.61. The van der Waals surface area contributed by atoms with Crippen molar-refractivity contribution >= 4 is 17.6 Å². The number of pyridine rings is 1. The number of nitrogens with two attached hydrogens (primary N) is 1. The third-order valence-electron chi connectivity index (χ3n) is 5.64. The molecule has 6 heteroatoms. The molecule has 2 fully saturated rings. The number of carbonyl (C=O) groups is 2. The number of carbonyl (C=O) groups excluding carboxylic acids is 2. The number of likely N-dealkylation sites (tertiary alicyclic amines) is 1. The third-order valence-corrected chi connectivity index (χ3v) is 5.64. The van der Waals surface area contributed by atoms with Crippen molar-refractivity contribution in [2.45, 2.75) is 45.6 Å². The van der Waals surface area contributed by atoms with Gasteiger partial charge in [-0.1, -0.05) is 6.92 Å². The van der Waals surface area contributed by atoms with Gasteiger partial charge in [-0.3, -0.25) is 9.59 Å². The van der Waals surface area contributed by atoms with Gasteiger partial charge >= 0.3 is 0 Å². The Balaban J connectivity index is 1.69. The summed E-state index contributed by atoms with van der Waals surface area (Å²) >= 11 is 0. The summed E-state index contributed by atoms with van der Waals surface area (Å²) in [6, 6.07) is 4.05. The molecule has 2 N–H and O–H groups in total. The summed E-state index contributed by atoms with van der Waals surface area (Å²) in [5.74, 6) is 1.19. The van der Waals surface area contributed by atoms with Crippen LogP contribution in [0.25, 0.3) is 0 Å². The van der Waals surface area contributed by atoms with Crippen LogP contribution >= 0.6 is 0 Å². The van der Waals surface area contributed by atoms with Crippen LogP contribution in [0.2, 0.25) is 0 Å². The van der Waals surface area contributed by atoms with E-state index in [0.717, 1.165) is 44.6 Å². The predicted molar refractivity (Wildman–Crippen MR) is 97.3 cm³/mol. The molecule has 2 aliphatic heterocycles. The maximum absolute atomic E-state index is 12.6. The van der Waals surface area contributed by atoms with Gasteiger partial charge in [0.2, 0.25) is 5.91 Å². The summed E-state index contributed by atoms with van der Waals surface area (Å²) in [5.41, 5.74) is 6.11. The molecule has 6 nitrogen and oxygen atoms in total. The van der Waals surface area contributed by atoms with Crippen LogP contribution < -0.4 is 10.6 Å². The van der Waals surface area contributed by atoms with Crippen molar-refractivity contribution in [2.24, 2.45) is 17.6 Å². The van der Waals surface area contributed by atoms with Crippen molar-refractivity contribution < 1.29 is 9.59 Å². The smallest absolute Gasteiger partial charge is 0.255 e. The van der Waals surface area contributed by atoms with E-state index in [9.17, 15) is 9.59 Å². The van der Waals surface area contributed by atoms with Crippen LogP contribution in [0.5, 0.6) is 0 Å². The van der Waals surface area contributed by atoms with Gasteiger partial charge in [-0.05, 0) is 50.7 Å². The Labute approximate surface area is 149 Å². The first-order valence-corrected chi connectivity index (χ1v) is 9.27. The van der Waals surface area contributed by atoms with E-state index in [1.54, 1.807) is 6.20 Å². The molecule has 25 heavy (non-hydrogen) atoms. The minimum atomic E-state index is -0.247. The lowest BCUT2D eigenvalue weighted by atomic mass is 9.93. The molecule has 3 rings (SSSR count). The Hall–Kier alpha value is -2.11. The summed E-state index contributed by atoms with van der Waals surface area (Å²) in [6.07, 6.45) is 5.54. The fourth-order valence-electron chi connectivity index (χ4n) is 3.74. The molecular weight excluding hydrogens is 316 g/mol. The Kier molecular flexibility index (Phi) is 5.25. The van der Waals surface area contributed by atoms with E-state index in [-0.39, 0.29) is 17.7 Å². The lowest BCUT2D eigenvalue weighted by Crippen LogP contribution is -2.46. The fraction of sp³-hybridized carbons (Fsp3) is 0.632. The molecule has 2 saturated heterocycles. The topological polar surface area (TPSA) is 79.5 Å². The molecule has 0 aromatic carbocycles. The van der Waals surface area contributed by atoms with Gasteiger partial charge in [0.15, 0.2) is 0 Å². The Morgan fingerprint density at radius 1 is 1.12 bits per heavy atom. The molecule has 0 unspecified atom stereocenters. The highest BCUT2D eigenvalue weighted by Gasteiger charge is 2.29. The molecule has 1 aromatic heterocycles. The van der Waals surface area contributed by atoms with Gasteiger partial charge in [0.1, 0.15) is 5.82 Å². The van der Waals surface area contributed by atoms with Gasteiger partial charge in [0.25, 0.3) is 5.91 Å². The number of aromatic nitrogens is 1. The highest BCUT2D eigenvalue weighted by atomic mass is 16.2. The van der Waals surface area contributed by atoms with E-state index in [1.165, 1.54) is 0 Å². The molecule has 0 radical (unpaired) electrons. The molecule has 2 amide bonds. The molecule has 0 aliphatic carbocycles. The van der Waals surface area contributed by atoms with E-state index in [0.29, 0.717) is 24.1 Å². The summed E-state index contributed by atoms with van der Waals surface area (Å²) < 4.78 is 0. The maximum atomic E-state index is 12.6. The monoisotopic (exact) mass is 344 g/mol. The van der Waals surface area contributed by atoms with Crippen LogP contribution in [0.1, 0.15) is 49.9 Å². The van der Waals surface area contributed by atoms with Gasteiger partial charge < -0.3 is 15.5 Å². The second-order valence-corrected chi connectivity index (χ2v) is 7.56. The Morgan fingerprint density at radius 2 is 1.84 bits per heavy atom. The first-order chi connectivity index (χ1) is 12.0. The number of rotatable bonds is 3. The zero-order valence-electron chi connectivity index (χ0n) is 15.1. The Bertz CT molecular complexity index is 623. The van der Waals surface area contributed by atoms with Crippen molar-refractivity contribution in [3.8, 4) is 0 Å². The minimum Gasteiger partial charge on any atom is -0.369 e. The standard InChI is InChI=1S/C19H28N4O2/c1-13-7-9-22(10-8-13)19(25)15-5-6-17(21-11-15)23-12-16(18(20)24)4-3-14(23)2/h5-6,11,13-14,16H,3-4,7-10,12H2,1-2H3,(H2,20,24)/t14-,16-/m1/s1. The van der Waals surface area contributed by atoms with Gasteiger partial charge in [-0.2, -0.15) is 0 Å². The lowest BCUT2D eigenvalue weighted by Gasteiger charge is -2.37. The molecule has 136 valence electrons. The highest BCUT2D eigenvalue weighted by molar-refractivity contribution is 5.94. The zero-order valence-corrected chi connectivity index (χ0v) is 15.1. The van der Waals surface area contributed by atoms with Crippen LogP contribution in [0.3, 0.4) is 0 Å². The van der Waals surface area contributed by atoms with Gasteiger partial charge in [-0.15, -0.1) is 0 Å². The molecular formula is C19H28N4O2. The molecule has 0 saturated carbocycles. The normalized spacial score (nSPS) is 25.0. The number of hydrogen-bond acceptors (Lipinski definition) is 4. The van der Waals surface area contributed by atoms with Crippen LogP contribution in [-0.4, -0.2) is 47.4 Å². The van der Waals surface area contributed by atoms with Crippen molar-refractivity contribution in [3.05, 3.63) is 23.9 Å². The molecule has 2 atom stereocenters. The molecule has 0 bridgehead atoms. The number of nitrogens with zero attached hydrogens (tertiary/aromatic N) is 3. The number of anilines is 1. The molecule has 0 spiro atoms.